The smallest absolute Gasteiger partial charge is 0.501 e. The van der Waals surface area contributed by atoms with E-state index in [1.165, 1.54) is 0 Å². The van der Waals surface area contributed by atoms with Gasteiger partial charge in [0.2, 0.25) is 23.0 Å². The number of hydrogen-bond donors (Lipinski definition) is 1. The molecule has 0 radical (unpaired) electrons. The van der Waals surface area contributed by atoms with Crippen LogP contribution in [0.1, 0.15) is 0 Å². The second-order valence-electron chi connectivity index (χ2n) is 4.08. The lowest BCUT2D eigenvalue weighted by Gasteiger charge is -2.04. The van der Waals surface area contributed by atoms with E-state index in [0.29, 0.717) is 5.56 Å². The van der Waals surface area contributed by atoms with Gasteiger partial charge >= 0.3 is 10.4 Å². The van der Waals surface area contributed by atoms with Gasteiger partial charge in [0.05, 0.1) is 5.56 Å². The van der Waals surface area contributed by atoms with Gasteiger partial charge in [-0.05, 0) is 5.56 Å². The van der Waals surface area contributed by atoms with E-state index in [-0.39, 0.29) is 34.3 Å². The zero-order valence-corrected chi connectivity index (χ0v) is 10.1. The van der Waals surface area contributed by atoms with Crippen LogP contribution in [-0.4, -0.2) is 13.5 Å². The number of rotatable bonds is 1. The third-order valence-corrected chi connectivity index (χ3v) is 3.63. The first-order chi connectivity index (χ1) is 9.07. The van der Waals surface area contributed by atoms with Gasteiger partial charge in [0.1, 0.15) is 0 Å². The predicted octanol–water partition coefficient (Wildman–Crippen LogP) is 2.18. The van der Waals surface area contributed by atoms with Gasteiger partial charge in [-0.2, -0.15) is 0 Å². The summed E-state index contributed by atoms with van der Waals surface area (Å²) in [6.07, 6.45) is 0. The highest BCUT2D eigenvalue weighted by Crippen LogP contribution is 2.67. The van der Waals surface area contributed by atoms with Crippen LogP contribution in [0.3, 0.4) is 0 Å². The van der Waals surface area contributed by atoms with Crippen LogP contribution in [0.25, 0.3) is 11.1 Å². The molecule has 7 heteroatoms. The molecule has 0 amide bonds. The molecule has 2 aliphatic rings. The molecule has 0 aromatic heterocycles. The molecule has 2 aromatic carbocycles. The van der Waals surface area contributed by atoms with Crippen molar-refractivity contribution in [3.05, 3.63) is 30.3 Å². The Labute approximate surface area is 108 Å². The minimum atomic E-state index is -4.13. The maximum Gasteiger partial charge on any atom is 0.501 e. The van der Waals surface area contributed by atoms with Crippen LogP contribution in [0.5, 0.6) is 28.7 Å². The molecule has 0 atom stereocenters. The third-order valence-electron chi connectivity index (χ3n) is 2.89. The maximum absolute atomic E-state index is 11.4. The molecule has 2 aromatic rings. The van der Waals surface area contributed by atoms with E-state index < -0.39 is 10.4 Å². The molecule has 4 rings (SSSR count). The number of phenols is 1. The van der Waals surface area contributed by atoms with E-state index in [0.717, 1.165) is 0 Å². The Morgan fingerprint density at radius 1 is 0.895 bits per heavy atom. The lowest BCUT2D eigenvalue weighted by atomic mass is 10.0. The normalized spacial score (nSPS) is 16.6. The summed E-state index contributed by atoms with van der Waals surface area (Å²) < 4.78 is 37.3. The first-order valence-corrected chi connectivity index (χ1v) is 6.70. The molecule has 19 heavy (non-hydrogen) atoms. The summed E-state index contributed by atoms with van der Waals surface area (Å²) in [5.74, 6) is 0.221. The van der Waals surface area contributed by atoms with Gasteiger partial charge in [0, 0.05) is 0 Å². The molecule has 0 saturated heterocycles. The molecule has 0 aliphatic carbocycles. The van der Waals surface area contributed by atoms with Crippen LogP contribution in [0.15, 0.2) is 30.3 Å². The number of phenolic OH excluding ortho intramolecular Hbond substituents is 1. The maximum atomic E-state index is 11.4. The minimum absolute atomic E-state index is 0.00773. The zero-order valence-electron chi connectivity index (χ0n) is 9.28. The second-order valence-corrected chi connectivity index (χ2v) is 5.23. The first-order valence-electron chi connectivity index (χ1n) is 5.37. The predicted molar refractivity (Wildman–Crippen MR) is 63.8 cm³/mol. The Bertz CT molecular complexity index is 810. The number of fused-ring (bicyclic) bond motifs is 3. The Kier molecular flexibility index (Phi) is 1.73. The average molecular weight is 278 g/mol. The molecule has 6 nitrogen and oxygen atoms in total. The summed E-state index contributed by atoms with van der Waals surface area (Å²) in [4.78, 5) is 0. The second kappa shape index (κ2) is 3.12. The van der Waals surface area contributed by atoms with Gasteiger partial charge in [-0.15, -0.1) is 8.42 Å². The molecule has 0 unspecified atom stereocenters. The molecule has 2 heterocycles. The summed E-state index contributed by atoms with van der Waals surface area (Å²) in [6.45, 7) is 0. The van der Waals surface area contributed by atoms with Crippen molar-refractivity contribution >= 4 is 10.4 Å². The van der Waals surface area contributed by atoms with Crippen LogP contribution in [-0.2, 0) is 10.4 Å². The summed E-state index contributed by atoms with van der Waals surface area (Å²) >= 11 is 0. The van der Waals surface area contributed by atoms with Gasteiger partial charge in [0.25, 0.3) is 0 Å². The fraction of sp³-hybridized carbons (Fsp3) is 0. The fourth-order valence-electron chi connectivity index (χ4n) is 2.07. The summed E-state index contributed by atoms with van der Waals surface area (Å²) in [7, 11) is -4.13. The highest BCUT2D eigenvalue weighted by atomic mass is 32.3. The Balaban J connectivity index is 2.05. The standard InChI is InChI=1S/C12H6O6S/c13-8-7(6-4-2-1-3-5-6)9-12(11-10(8)16-11)18-19(14,15)17-9/h1-5,13H. The van der Waals surface area contributed by atoms with Gasteiger partial charge in [-0.25, -0.2) is 0 Å². The molecular weight excluding hydrogens is 272 g/mol. The summed E-state index contributed by atoms with van der Waals surface area (Å²) in [5, 5.41) is 10.1. The van der Waals surface area contributed by atoms with Gasteiger partial charge in [-0.1, -0.05) is 30.3 Å². The number of aromatic hydroxyl groups is 1. The molecular formula is C12H6O6S. The molecule has 0 bridgehead atoms. The van der Waals surface area contributed by atoms with E-state index >= 15 is 0 Å². The van der Waals surface area contributed by atoms with Crippen LogP contribution in [0.4, 0.5) is 0 Å². The van der Waals surface area contributed by atoms with Crippen LogP contribution >= 0.6 is 0 Å². The van der Waals surface area contributed by atoms with Crippen LogP contribution in [0.2, 0.25) is 0 Å². The molecule has 0 fully saturated rings. The molecule has 0 spiro atoms. The van der Waals surface area contributed by atoms with Crippen molar-refractivity contribution in [2.24, 2.45) is 0 Å². The average Bonchev–Trinajstić information content (AvgIpc) is 3.10. The van der Waals surface area contributed by atoms with Crippen LogP contribution in [0, 0.1) is 0 Å². The third kappa shape index (κ3) is 1.39. The number of hydrogen-bond acceptors (Lipinski definition) is 6. The SMILES string of the molecule is O=S1(=O)Oc2c3c(c(O)c(-c4ccccc4)c2O1)O3. The lowest BCUT2D eigenvalue weighted by molar-refractivity contribution is 0.432. The zero-order chi connectivity index (χ0) is 13.2. The van der Waals surface area contributed by atoms with Crippen molar-refractivity contribution in [3.63, 3.8) is 0 Å². The van der Waals surface area contributed by atoms with Gasteiger partial charge in [0.15, 0.2) is 5.75 Å². The van der Waals surface area contributed by atoms with E-state index in [4.69, 9.17) is 13.1 Å². The van der Waals surface area contributed by atoms with Gasteiger partial charge < -0.3 is 18.2 Å². The number of ether oxygens (including phenoxy) is 1. The van der Waals surface area contributed by atoms with Gasteiger partial charge in [-0.3, -0.25) is 0 Å². The molecule has 1 N–H and O–H groups in total. The quantitative estimate of drug-likeness (QED) is 0.687. The largest absolute Gasteiger partial charge is 0.504 e. The van der Waals surface area contributed by atoms with E-state index in [2.05, 4.69) is 0 Å². The summed E-state index contributed by atoms with van der Waals surface area (Å²) in [6, 6.07) is 8.77. The van der Waals surface area contributed by atoms with Crippen molar-refractivity contribution in [3.8, 4) is 39.9 Å². The van der Waals surface area contributed by atoms with E-state index in [1.807, 2.05) is 0 Å². The fourth-order valence-corrected chi connectivity index (χ4v) is 2.82. The van der Waals surface area contributed by atoms with Crippen molar-refractivity contribution < 1.29 is 26.6 Å². The van der Waals surface area contributed by atoms with Crippen molar-refractivity contribution in [2.75, 3.05) is 0 Å². The Morgan fingerprint density at radius 3 is 2.32 bits per heavy atom. The highest BCUT2D eigenvalue weighted by molar-refractivity contribution is 7.82. The molecule has 96 valence electrons. The first kappa shape index (κ1) is 10.5. The van der Waals surface area contributed by atoms with Crippen molar-refractivity contribution in [2.45, 2.75) is 0 Å². The highest BCUT2D eigenvalue weighted by Gasteiger charge is 2.45. The summed E-state index contributed by atoms with van der Waals surface area (Å²) in [5.41, 5.74) is 0.850. The van der Waals surface area contributed by atoms with Crippen LogP contribution < -0.4 is 13.1 Å². The molecule has 2 aliphatic heterocycles. The monoisotopic (exact) mass is 278 g/mol. The van der Waals surface area contributed by atoms with E-state index in [9.17, 15) is 13.5 Å². The lowest BCUT2D eigenvalue weighted by Crippen LogP contribution is -2.08. The van der Waals surface area contributed by atoms with Crippen molar-refractivity contribution in [1.82, 2.24) is 0 Å². The van der Waals surface area contributed by atoms with E-state index in [1.54, 1.807) is 30.3 Å². The topological polar surface area (TPSA) is 85.4 Å². The van der Waals surface area contributed by atoms with Crippen molar-refractivity contribution in [1.29, 1.82) is 0 Å². The minimum Gasteiger partial charge on any atom is -0.504 e. The number of benzene rings is 2. The Hall–Kier alpha value is -2.41. The Morgan fingerprint density at radius 2 is 1.58 bits per heavy atom. The molecule has 0 saturated carbocycles.